The molecule has 2 unspecified atom stereocenters. The molecule has 2 atom stereocenters. The second-order valence-corrected chi connectivity index (χ2v) is 6.48. The molecule has 0 spiro atoms. The van der Waals surface area contributed by atoms with E-state index in [0.29, 0.717) is 6.61 Å². The Morgan fingerprint density at radius 3 is 2.79 bits per heavy atom. The van der Waals surface area contributed by atoms with Gasteiger partial charge in [0, 0.05) is 13.2 Å². The van der Waals surface area contributed by atoms with Crippen molar-refractivity contribution in [2.24, 2.45) is 5.41 Å². The molecule has 0 aliphatic carbocycles. The topological polar surface area (TPSA) is 50.4 Å². The van der Waals surface area contributed by atoms with E-state index in [-0.39, 0.29) is 16.9 Å². The summed E-state index contributed by atoms with van der Waals surface area (Å²) in [7, 11) is 0. The van der Waals surface area contributed by atoms with Crippen molar-refractivity contribution in [3.05, 3.63) is 0 Å². The monoisotopic (exact) mass is 268 g/mol. The van der Waals surface area contributed by atoms with Gasteiger partial charge in [-0.05, 0) is 45.6 Å². The molecule has 2 fully saturated rings. The van der Waals surface area contributed by atoms with Crippen molar-refractivity contribution in [1.29, 1.82) is 0 Å². The molecule has 4 nitrogen and oxygen atoms in total. The Morgan fingerprint density at radius 1 is 1.37 bits per heavy atom. The molecule has 2 rings (SSSR count). The van der Waals surface area contributed by atoms with Crippen LogP contribution in [0.5, 0.6) is 0 Å². The second kappa shape index (κ2) is 6.23. The molecule has 2 aliphatic rings. The Bertz CT molecular complexity index is 300. The summed E-state index contributed by atoms with van der Waals surface area (Å²) in [5, 5.41) is 6.69. The first kappa shape index (κ1) is 14.8. The van der Waals surface area contributed by atoms with E-state index in [4.69, 9.17) is 4.74 Å². The van der Waals surface area contributed by atoms with Crippen LogP contribution in [0.25, 0.3) is 0 Å². The first-order valence-electron chi connectivity index (χ1n) is 7.71. The molecule has 0 aromatic carbocycles. The average Bonchev–Trinajstić information content (AvgIpc) is 2.40. The molecule has 1 amide bonds. The minimum atomic E-state index is -0.201. The van der Waals surface area contributed by atoms with Crippen LogP contribution in [-0.4, -0.2) is 37.7 Å². The lowest BCUT2D eigenvalue weighted by molar-refractivity contribution is -0.136. The largest absolute Gasteiger partial charge is 0.379 e. The standard InChI is InChI=1S/C15H28N2O2/c1-3-6-15(8-4-9-16-11-15)13(18)17-14(2)7-5-10-19-12-14/h16H,3-12H2,1-2H3,(H,17,18). The molecule has 2 N–H and O–H groups in total. The highest BCUT2D eigenvalue weighted by Crippen LogP contribution is 2.33. The van der Waals surface area contributed by atoms with Crippen molar-refractivity contribution in [3.63, 3.8) is 0 Å². The van der Waals surface area contributed by atoms with Gasteiger partial charge in [-0.3, -0.25) is 4.79 Å². The summed E-state index contributed by atoms with van der Waals surface area (Å²) < 4.78 is 5.54. The lowest BCUT2D eigenvalue weighted by atomic mass is 9.75. The van der Waals surface area contributed by atoms with E-state index in [1.165, 1.54) is 0 Å². The van der Waals surface area contributed by atoms with Gasteiger partial charge in [0.15, 0.2) is 0 Å². The Kier molecular flexibility index (Phi) is 4.85. The molecular formula is C15H28N2O2. The average molecular weight is 268 g/mol. The lowest BCUT2D eigenvalue weighted by Gasteiger charge is -2.41. The van der Waals surface area contributed by atoms with Crippen LogP contribution in [0.3, 0.4) is 0 Å². The number of hydrogen-bond donors (Lipinski definition) is 2. The zero-order chi connectivity index (χ0) is 13.8. The smallest absolute Gasteiger partial charge is 0.228 e. The number of rotatable bonds is 4. The summed E-state index contributed by atoms with van der Waals surface area (Å²) >= 11 is 0. The molecule has 0 aromatic rings. The normalized spacial score (nSPS) is 35.9. The van der Waals surface area contributed by atoms with Crippen LogP contribution in [0, 0.1) is 5.41 Å². The van der Waals surface area contributed by atoms with Gasteiger partial charge in [0.05, 0.1) is 17.6 Å². The van der Waals surface area contributed by atoms with Crippen molar-refractivity contribution in [2.75, 3.05) is 26.3 Å². The SMILES string of the molecule is CCCC1(C(=O)NC2(C)CCCOC2)CCCNC1. The molecule has 4 heteroatoms. The summed E-state index contributed by atoms with van der Waals surface area (Å²) in [6, 6.07) is 0. The molecule has 0 aromatic heterocycles. The molecule has 110 valence electrons. The van der Waals surface area contributed by atoms with Crippen LogP contribution < -0.4 is 10.6 Å². The predicted molar refractivity (Wildman–Crippen MR) is 76.0 cm³/mol. The van der Waals surface area contributed by atoms with Crippen LogP contribution in [0.15, 0.2) is 0 Å². The number of carbonyl (C=O) groups excluding carboxylic acids is 1. The fourth-order valence-corrected chi connectivity index (χ4v) is 3.41. The van der Waals surface area contributed by atoms with Crippen molar-refractivity contribution < 1.29 is 9.53 Å². The number of amides is 1. The molecule has 2 aliphatic heterocycles. The number of piperidine rings is 1. The van der Waals surface area contributed by atoms with Gasteiger partial charge in [-0.1, -0.05) is 13.3 Å². The maximum atomic E-state index is 12.8. The van der Waals surface area contributed by atoms with Crippen molar-refractivity contribution >= 4 is 5.91 Å². The van der Waals surface area contributed by atoms with E-state index < -0.39 is 0 Å². The Hall–Kier alpha value is -0.610. The zero-order valence-electron chi connectivity index (χ0n) is 12.4. The van der Waals surface area contributed by atoms with Crippen LogP contribution in [-0.2, 0) is 9.53 Å². The van der Waals surface area contributed by atoms with Gasteiger partial charge in [0.1, 0.15) is 0 Å². The second-order valence-electron chi connectivity index (χ2n) is 6.48. The van der Waals surface area contributed by atoms with E-state index in [2.05, 4.69) is 24.5 Å². The summed E-state index contributed by atoms with van der Waals surface area (Å²) in [6.45, 7) is 7.61. The number of nitrogens with one attached hydrogen (secondary N) is 2. The molecular weight excluding hydrogens is 240 g/mol. The Balaban J connectivity index is 2.02. The fraction of sp³-hybridized carbons (Fsp3) is 0.933. The van der Waals surface area contributed by atoms with E-state index >= 15 is 0 Å². The molecule has 0 bridgehead atoms. The maximum Gasteiger partial charge on any atom is 0.228 e. The third kappa shape index (κ3) is 3.48. The van der Waals surface area contributed by atoms with E-state index in [9.17, 15) is 4.79 Å². The van der Waals surface area contributed by atoms with Gasteiger partial charge >= 0.3 is 0 Å². The third-order valence-corrected chi connectivity index (χ3v) is 4.54. The van der Waals surface area contributed by atoms with Crippen molar-refractivity contribution in [1.82, 2.24) is 10.6 Å². The first-order valence-corrected chi connectivity index (χ1v) is 7.71. The highest BCUT2D eigenvalue weighted by atomic mass is 16.5. The minimum absolute atomic E-state index is 0.173. The fourth-order valence-electron chi connectivity index (χ4n) is 3.41. The zero-order valence-corrected chi connectivity index (χ0v) is 12.4. The molecule has 2 heterocycles. The van der Waals surface area contributed by atoms with Gasteiger partial charge < -0.3 is 15.4 Å². The van der Waals surface area contributed by atoms with E-state index in [1.54, 1.807) is 0 Å². The maximum absolute atomic E-state index is 12.8. The summed E-state index contributed by atoms with van der Waals surface area (Å²) in [6.07, 6.45) is 6.20. The minimum Gasteiger partial charge on any atom is -0.379 e. The summed E-state index contributed by atoms with van der Waals surface area (Å²) in [4.78, 5) is 12.8. The molecule has 0 saturated carbocycles. The third-order valence-electron chi connectivity index (χ3n) is 4.54. The quantitative estimate of drug-likeness (QED) is 0.818. The highest BCUT2D eigenvalue weighted by Gasteiger charge is 2.41. The summed E-state index contributed by atoms with van der Waals surface area (Å²) in [5.41, 5.74) is -0.374. The number of carbonyl (C=O) groups is 1. The summed E-state index contributed by atoms with van der Waals surface area (Å²) in [5.74, 6) is 0.231. The van der Waals surface area contributed by atoms with E-state index in [0.717, 1.165) is 58.2 Å². The lowest BCUT2D eigenvalue weighted by Crippen LogP contribution is -2.58. The van der Waals surface area contributed by atoms with Gasteiger partial charge in [-0.25, -0.2) is 0 Å². The Labute approximate surface area is 116 Å². The Morgan fingerprint density at radius 2 is 2.21 bits per heavy atom. The van der Waals surface area contributed by atoms with E-state index in [1.807, 2.05) is 0 Å². The van der Waals surface area contributed by atoms with Crippen molar-refractivity contribution in [3.8, 4) is 0 Å². The first-order chi connectivity index (χ1) is 9.10. The van der Waals surface area contributed by atoms with Crippen LogP contribution in [0.4, 0.5) is 0 Å². The van der Waals surface area contributed by atoms with Gasteiger partial charge in [0.2, 0.25) is 5.91 Å². The van der Waals surface area contributed by atoms with Crippen LogP contribution >= 0.6 is 0 Å². The van der Waals surface area contributed by atoms with Gasteiger partial charge in [-0.2, -0.15) is 0 Å². The molecule has 0 radical (unpaired) electrons. The number of hydrogen-bond acceptors (Lipinski definition) is 3. The molecule has 19 heavy (non-hydrogen) atoms. The molecule has 2 saturated heterocycles. The van der Waals surface area contributed by atoms with Crippen molar-refractivity contribution in [2.45, 2.75) is 57.9 Å². The van der Waals surface area contributed by atoms with Gasteiger partial charge in [-0.15, -0.1) is 0 Å². The predicted octanol–water partition coefficient (Wildman–Crippen LogP) is 1.84. The van der Waals surface area contributed by atoms with Crippen LogP contribution in [0.2, 0.25) is 0 Å². The number of ether oxygens (including phenoxy) is 1. The van der Waals surface area contributed by atoms with Crippen LogP contribution in [0.1, 0.15) is 52.4 Å². The highest BCUT2D eigenvalue weighted by molar-refractivity contribution is 5.83. The van der Waals surface area contributed by atoms with Gasteiger partial charge in [0.25, 0.3) is 0 Å².